The Balaban J connectivity index is 1.41. The number of benzene rings is 2. The molecular weight excluding hydrogens is 624 g/mol. The van der Waals surface area contributed by atoms with Gasteiger partial charge in [-0.2, -0.15) is 5.26 Å². The van der Waals surface area contributed by atoms with Gasteiger partial charge in [-0.1, -0.05) is 23.7 Å². The predicted octanol–water partition coefficient (Wildman–Crippen LogP) is 5.70. The Labute approximate surface area is 277 Å². The number of methoxy groups -OCH3 is 2. The van der Waals surface area contributed by atoms with Crippen molar-refractivity contribution in [2.45, 2.75) is 32.0 Å². The van der Waals surface area contributed by atoms with Crippen LogP contribution < -0.4 is 25.4 Å². The van der Waals surface area contributed by atoms with Crippen LogP contribution in [0.4, 0.5) is 17.1 Å². The third kappa shape index (κ3) is 8.74. The van der Waals surface area contributed by atoms with Gasteiger partial charge in [0.2, 0.25) is 11.8 Å². The normalized spacial score (nSPS) is 14.7. The van der Waals surface area contributed by atoms with Gasteiger partial charge >= 0.3 is 0 Å². The Bertz CT molecular complexity index is 1770. The van der Waals surface area contributed by atoms with Crippen molar-refractivity contribution < 1.29 is 28.5 Å². The molecule has 0 spiro atoms. The molecule has 1 atom stereocenters. The van der Waals surface area contributed by atoms with E-state index in [0.29, 0.717) is 76.2 Å². The van der Waals surface area contributed by atoms with Gasteiger partial charge in [-0.3, -0.25) is 20.1 Å². The molecule has 4 aromatic rings. The van der Waals surface area contributed by atoms with E-state index in [1.807, 2.05) is 18.2 Å². The summed E-state index contributed by atoms with van der Waals surface area (Å²) in [6, 6.07) is 16.5. The molecule has 5 rings (SSSR count). The number of carbonyl (C=O) groups is 1. The molecule has 2 aromatic carbocycles. The highest BCUT2D eigenvalue weighted by Gasteiger charge is 2.22. The van der Waals surface area contributed by atoms with Crippen LogP contribution in [0.1, 0.15) is 24.6 Å². The Morgan fingerprint density at radius 1 is 1.17 bits per heavy atom. The van der Waals surface area contributed by atoms with E-state index in [0.717, 1.165) is 5.69 Å². The Kier molecular flexibility index (Phi) is 11.2. The van der Waals surface area contributed by atoms with E-state index in [1.165, 1.54) is 26.5 Å². The van der Waals surface area contributed by atoms with Crippen molar-refractivity contribution in [2.75, 3.05) is 44.6 Å². The maximum absolute atomic E-state index is 13.0. The molecule has 47 heavy (non-hydrogen) atoms. The van der Waals surface area contributed by atoms with Crippen LogP contribution in [0, 0.1) is 11.3 Å². The quantitative estimate of drug-likeness (QED) is 0.113. The van der Waals surface area contributed by atoms with Crippen LogP contribution in [0.2, 0.25) is 5.02 Å². The van der Waals surface area contributed by atoms with Gasteiger partial charge in [0.05, 0.1) is 46.4 Å². The predicted molar refractivity (Wildman–Crippen MR) is 178 cm³/mol. The van der Waals surface area contributed by atoms with Crippen molar-refractivity contribution in [3.63, 3.8) is 0 Å². The molecule has 244 valence electrons. The number of ether oxygens (including phenoxy) is 5. The van der Waals surface area contributed by atoms with Crippen LogP contribution in [0.25, 0.3) is 10.9 Å². The number of nitrogens with zero attached hydrogens (tertiary/aromatic N) is 3. The second kappa shape index (κ2) is 15.7. The number of pyridine rings is 2. The van der Waals surface area contributed by atoms with Crippen LogP contribution in [0.15, 0.2) is 73.1 Å². The Morgan fingerprint density at radius 3 is 2.72 bits per heavy atom. The number of nitriles is 1. The van der Waals surface area contributed by atoms with Crippen LogP contribution in [-0.4, -0.2) is 61.9 Å². The van der Waals surface area contributed by atoms with Gasteiger partial charge in [-0.15, -0.1) is 0 Å². The number of fused-ring (bicyclic) bond motifs is 1. The lowest BCUT2D eigenvalue weighted by Gasteiger charge is -2.26. The molecule has 3 N–H and O–H groups in total. The smallest absolute Gasteiger partial charge is 0.248 e. The molecular formula is C34H35ClN6O6. The fourth-order valence-electron chi connectivity index (χ4n) is 4.71. The number of nitrogens with one attached hydrogen (secondary N) is 3. The number of aromatic nitrogens is 2. The molecule has 1 aliphatic rings. The van der Waals surface area contributed by atoms with Crippen molar-refractivity contribution in [1.82, 2.24) is 15.3 Å². The molecule has 13 heteroatoms. The number of carbonyl (C=O) groups excluding carboxylic acids is 1. The van der Waals surface area contributed by atoms with Gasteiger partial charge in [0, 0.05) is 69.7 Å². The number of anilines is 3. The van der Waals surface area contributed by atoms with Crippen LogP contribution in [-0.2, 0) is 25.6 Å². The number of halogens is 1. The van der Waals surface area contributed by atoms with E-state index in [4.69, 9.17) is 35.3 Å². The lowest BCUT2D eigenvalue weighted by Crippen LogP contribution is -2.45. The highest BCUT2D eigenvalue weighted by molar-refractivity contribution is 6.32. The standard InChI is InChI=1S/C34H35ClN6O6/c1-34(43-2,44-3)39-13-6-8-32(42)41-29-16-26-28(17-31(29)47-25-11-14-45-21-25)38-19-22(18-36)33(26)40-23-9-10-30(27(35)15-23)46-20-24-7-4-5-12-37-24/h4-10,12,15-17,19,25,39H,11,13-14,20-21H2,1-3H3,(H,38,40)(H,41,42)/t25-/m0/s1. The summed E-state index contributed by atoms with van der Waals surface area (Å²) in [7, 11) is 3.03. The molecule has 0 aliphatic carbocycles. The SMILES string of the molecule is COC(C)(NCC=CC(=O)Nc1cc2c(Nc3ccc(OCc4ccccn4)c(Cl)c3)c(C#N)cnc2cc1O[C@H]1CCOC1)OC. The summed E-state index contributed by atoms with van der Waals surface area (Å²) in [6.45, 7) is 3.32. The topological polar surface area (TPSA) is 149 Å². The first-order valence-corrected chi connectivity index (χ1v) is 15.2. The lowest BCUT2D eigenvalue weighted by atomic mass is 10.1. The van der Waals surface area contributed by atoms with Gasteiger partial charge < -0.3 is 34.3 Å². The fraction of sp³-hybridized carbons (Fsp3) is 0.294. The average molecular weight is 659 g/mol. The molecule has 2 aromatic heterocycles. The summed E-state index contributed by atoms with van der Waals surface area (Å²) in [5, 5.41) is 20.2. The van der Waals surface area contributed by atoms with E-state index in [1.54, 1.807) is 49.5 Å². The first-order chi connectivity index (χ1) is 22.8. The highest BCUT2D eigenvalue weighted by atomic mass is 35.5. The summed E-state index contributed by atoms with van der Waals surface area (Å²) in [5.41, 5.74) is 3.13. The van der Waals surface area contributed by atoms with Crippen LogP contribution >= 0.6 is 11.6 Å². The summed E-state index contributed by atoms with van der Waals surface area (Å²) >= 11 is 6.57. The molecule has 1 fully saturated rings. The maximum Gasteiger partial charge on any atom is 0.248 e. The molecule has 1 aliphatic heterocycles. The lowest BCUT2D eigenvalue weighted by molar-refractivity contribution is -0.212. The fourth-order valence-corrected chi connectivity index (χ4v) is 4.94. The number of rotatable bonds is 14. The van der Waals surface area contributed by atoms with Crippen molar-refractivity contribution in [3.8, 4) is 17.6 Å². The minimum atomic E-state index is -0.990. The molecule has 3 heterocycles. The Hall–Kier alpha value is -4.77. The summed E-state index contributed by atoms with van der Waals surface area (Å²) in [6.07, 6.45) is 6.76. The monoisotopic (exact) mass is 658 g/mol. The number of amides is 1. The minimum absolute atomic E-state index is 0.180. The summed E-state index contributed by atoms with van der Waals surface area (Å²) < 4.78 is 28.1. The molecule has 12 nitrogen and oxygen atoms in total. The minimum Gasteiger partial charge on any atom is -0.486 e. The summed E-state index contributed by atoms with van der Waals surface area (Å²) in [4.78, 5) is 21.8. The second-order valence-corrected chi connectivity index (χ2v) is 11.0. The van der Waals surface area contributed by atoms with Crippen molar-refractivity contribution in [2.24, 2.45) is 0 Å². The third-order valence-electron chi connectivity index (χ3n) is 7.42. The van der Waals surface area contributed by atoms with E-state index in [2.05, 4.69) is 32.0 Å². The molecule has 0 saturated carbocycles. The van der Waals surface area contributed by atoms with Crippen molar-refractivity contribution >= 4 is 45.5 Å². The molecule has 1 saturated heterocycles. The average Bonchev–Trinajstić information content (AvgIpc) is 3.60. The Morgan fingerprint density at radius 2 is 2.02 bits per heavy atom. The first-order valence-electron chi connectivity index (χ1n) is 14.8. The first kappa shape index (κ1) is 33.6. The third-order valence-corrected chi connectivity index (χ3v) is 7.72. The van der Waals surface area contributed by atoms with Crippen LogP contribution in [0.5, 0.6) is 11.5 Å². The van der Waals surface area contributed by atoms with Gasteiger partial charge in [-0.25, -0.2) is 0 Å². The van der Waals surface area contributed by atoms with Crippen LogP contribution in [0.3, 0.4) is 0 Å². The van der Waals surface area contributed by atoms with Gasteiger partial charge in [-0.05, 0) is 36.4 Å². The molecule has 1 amide bonds. The number of hydrogen-bond acceptors (Lipinski definition) is 11. The molecule has 0 bridgehead atoms. The van der Waals surface area contributed by atoms with E-state index in [-0.39, 0.29) is 18.6 Å². The van der Waals surface area contributed by atoms with Gasteiger partial charge in [0.1, 0.15) is 30.3 Å². The van der Waals surface area contributed by atoms with Gasteiger partial charge in [0.15, 0.2) is 0 Å². The van der Waals surface area contributed by atoms with E-state index in [9.17, 15) is 10.1 Å². The van der Waals surface area contributed by atoms with E-state index >= 15 is 0 Å². The largest absolute Gasteiger partial charge is 0.486 e. The van der Waals surface area contributed by atoms with E-state index < -0.39 is 5.91 Å². The molecule has 0 unspecified atom stereocenters. The zero-order valence-electron chi connectivity index (χ0n) is 26.2. The zero-order valence-corrected chi connectivity index (χ0v) is 27.0. The number of hydrogen-bond donors (Lipinski definition) is 3. The summed E-state index contributed by atoms with van der Waals surface area (Å²) in [5.74, 6) is -0.458. The molecule has 0 radical (unpaired) electrons. The van der Waals surface area contributed by atoms with Crippen molar-refractivity contribution in [3.05, 3.63) is 89.4 Å². The second-order valence-electron chi connectivity index (χ2n) is 10.6. The maximum atomic E-state index is 13.0. The van der Waals surface area contributed by atoms with Crippen molar-refractivity contribution in [1.29, 1.82) is 5.26 Å². The zero-order chi connectivity index (χ0) is 33.2. The van der Waals surface area contributed by atoms with Gasteiger partial charge in [0.25, 0.3) is 0 Å². The highest BCUT2D eigenvalue weighted by Crippen LogP contribution is 2.38.